The average molecular weight is 267 g/mol. The molecule has 1 aliphatic carbocycles. The van der Waals surface area contributed by atoms with E-state index < -0.39 is 5.60 Å². The largest absolute Gasteiger partial charge is 0.399 e. The lowest BCUT2D eigenvalue weighted by molar-refractivity contribution is 0.0829. The molecule has 0 radical (unpaired) electrons. The summed E-state index contributed by atoms with van der Waals surface area (Å²) < 4.78 is 0. The van der Waals surface area contributed by atoms with Crippen molar-refractivity contribution in [2.24, 2.45) is 0 Å². The van der Waals surface area contributed by atoms with Crippen LogP contribution in [0.25, 0.3) is 0 Å². The Labute approximate surface area is 120 Å². The summed E-state index contributed by atoms with van der Waals surface area (Å²) in [5.41, 5.74) is 10.2. The summed E-state index contributed by atoms with van der Waals surface area (Å²) in [6, 6.07) is 14.2. The Hall–Kier alpha value is -1.80. The Kier molecular flexibility index (Phi) is 3.27. The Morgan fingerprint density at radius 3 is 2.85 bits per heavy atom. The van der Waals surface area contributed by atoms with E-state index in [-0.39, 0.29) is 0 Å². The Morgan fingerprint density at radius 2 is 2.05 bits per heavy atom. The molecule has 0 aromatic heterocycles. The second kappa shape index (κ2) is 4.95. The number of benzene rings is 2. The lowest BCUT2D eigenvalue weighted by Crippen LogP contribution is -2.24. The highest BCUT2D eigenvalue weighted by atomic mass is 16.3. The third kappa shape index (κ3) is 2.10. The van der Waals surface area contributed by atoms with Crippen LogP contribution in [0.1, 0.15) is 42.0 Å². The van der Waals surface area contributed by atoms with Crippen LogP contribution in [-0.4, -0.2) is 5.11 Å². The van der Waals surface area contributed by atoms with Crippen molar-refractivity contribution in [1.82, 2.24) is 0 Å². The molecule has 20 heavy (non-hydrogen) atoms. The Balaban J connectivity index is 2.04. The third-order valence-corrected chi connectivity index (χ3v) is 4.27. The first-order chi connectivity index (χ1) is 9.63. The van der Waals surface area contributed by atoms with Crippen molar-refractivity contribution >= 4 is 5.69 Å². The molecule has 0 saturated heterocycles. The van der Waals surface area contributed by atoms with Crippen LogP contribution >= 0.6 is 0 Å². The number of aliphatic hydroxyl groups is 1. The minimum atomic E-state index is -0.854. The fraction of sp³-hybridized carbons (Fsp3) is 0.333. The van der Waals surface area contributed by atoms with Gasteiger partial charge in [0.15, 0.2) is 0 Å². The number of nitrogen functional groups attached to an aromatic ring is 1. The number of hydrogen-bond acceptors (Lipinski definition) is 2. The maximum atomic E-state index is 11.2. The van der Waals surface area contributed by atoms with Crippen LogP contribution in [0.4, 0.5) is 5.69 Å². The minimum Gasteiger partial charge on any atom is -0.399 e. The molecular formula is C18H21NO. The molecule has 2 heteroatoms. The smallest absolute Gasteiger partial charge is 0.115 e. The molecule has 0 aliphatic heterocycles. The summed E-state index contributed by atoms with van der Waals surface area (Å²) >= 11 is 0. The van der Waals surface area contributed by atoms with E-state index in [1.807, 2.05) is 30.3 Å². The van der Waals surface area contributed by atoms with E-state index >= 15 is 0 Å². The maximum Gasteiger partial charge on any atom is 0.115 e. The van der Waals surface area contributed by atoms with Crippen molar-refractivity contribution in [1.29, 1.82) is 0 Å². The summed E-state index contributed by atoms with van der Waals surface area (Å²) in [6.45, 7) is 2.18. The van der Waals surface area contributed by atoms with Crippen LogP contribution in [0.3, 0.4) is 0 Å². The highest BCUT2D eigenvalue weighted by molar-refractivity contribution is 5.52. The molecule has 0 bridgehead atoms. The number of hydrogen-bond donors (Lipinski definition) is 2. The van der Waals surface area contributed by atoms with E-state index in [2.05, 4.69) is 19.1 Å². The van der Waals surface area contributed by atoms with Gasteiger partial charge in [-0.15, -0.1) is 0 Å². The maximum absolute atomic E-state index is 11.2. The number of nitrogens with two attached hydrogens (primary N) is 1. The summed E-state index contributed by atoms with van der Waals surface area (Å²) in [5, 5.41) is 11.2. The Bertz CT molecular complexity index is 635. The molecule has 2 nitrogen and oxygen atoms in total. The molecule has 0 fully saturated rings. The average Bonchev–Trinajstić information content (AvgIpc) is 2.78. The topological polar surface area (TPSA) is 46.2 Å². The fourth-order valence-electron chi connectivity index (χ4n) is 3.25. The molecule has 1 aliphatic rings. The van der Waals surface area contributed by atoms with Crippen molar-refractivity contribution in [3.63, 3.8) is 0 Å². The van der Waals surface area contributed by atoms with Crippen LogP contribution in [0.15, 0.2) is 42.5 Å². The number of anilines is 1. The molecule has 1 atom stereocenters. The van der Waals surface area contributed by atoms with Gasteiger partial charge in [-0.05, 0) is 53.6 Å². The SMILES string of the molecule is CCCc1cccc(C2(O)CCc3cc(N)ccc32)c1. The van der Waals surface area contributed by atoms with E-state index in [1.54, 1.807) is 0 Å². The first kappa shape index (κ1) is 13.2. The summed E-state index contributed by atoms with van der Waals surface area (Å²) in [4.78, 5) is 0. The van der Waals surface area contributed by atoms with Crippen molar-refractivity contribution in [2.75, 3.05) is 5.73 Å². The lowest BCUT2D eigenvalue weighted by Gasteiger charge is -2.25. The van der Waals surface area contributed by atoms with Gasteiger partial charge in [0.2, 0.25) is 0 Å². The van der Waals surface area contributed by atoms with Gasteiger partial charge in [0.1, 0.15) is 5.60 Å². The van der Waals surface area contributed by atoms with Gasteiger partial charge < -0.3 is 10.8 Å². The predicted octanol–water partition coefficient (Wildman–Crippen LogP) is 3.40. The van der Waals surface area contributed by atoms with Crippen LogP contribution < -0.4 is 5.73 Å². The second-order valence-electron chi connectivity index (χ2n) is 5.73. The third-order valence-electron chi connectivity index (χ3n) is 4.27. The summed E-state index contributed by atoms with van der Waals surface area (Å²) in [7, 11) is 0. The molecule has 0 saturated carbocycles. The molecule has 0 amide bonds. The van der Waals surface area contributed by atoms with Crippen LogP contribution in [0.5, 0.6) is 0 Å². The van der Waals surface area contributed by atoms with E-state index in [0.29, 0.717) is 0 Å². The molecule has 104 valence electrons. The fourth-order valence-corrected chi connectivity index (χ4v) is 3.25. The van der Waals surface area contributed by atoms with Gasteiger partial charge in [0.05, 0.1) is 0 Å². The normalized spacial score (nSPS) is 20.9. The molecule has 0 heterocycles. The monoisotopic (exact) mass is 267 g/mol. The number of aryl methyl sites for hydroxylation is 2. The first-order valence-electron chi connectivity index (χ1n) is 7.34. The highest BCUT2D eigenvalue weighted by Crippen LogP contribution is 2.42. The molecular weight excluding hydrogens is 246 g/mol. The van der Waals surface area contributed by atoms with E-state index in [0.717, 1.165) is 42.5 Å². The van der Waals surface area contributed by atoms with Gasteiger partial charge in [0.25, 0.3) is 0 Å². The minimum absolute atomic E-state index is 0.737. The standard InChI is InChI=1S/C18H21NO/c1-2-4-13-5-3-6-15(11-13)18(20)10-9-14-12-16(19)7-8-17(14)18/h3,5-8,11-12,20H,2,4,9-10,19H2,1H3. The van der Waals surface area contributed by atoms with E-state index in [1.165, 1.54) is 11.1 Å². The van der Waals surface area contributed by atoms with Crippen molar-refractivity contribution in [2.45, 2.75) is 38.2 Å². The van der Waals surface area contributed by atoms with Crippen molar-refractivity contribution in [3.05, 3.63) is 64.7 Å². The zero-order valence-corrected chi connectivity index (χ0v) is 11.9. The summed E-state index contributed by atoms with van der Waals surface area (Å²) in [5.74, 6) is 0. The van der Waals surface area contributed by atoms with Gasteiger partial charge in [-0.2, -0.15) is 0 Å². The van der Waals surface area contributed by atoms with E-state index in [9.17, 15) is 5.11 Å². The lowest BCUT2D eigenvalue weighted by atomic mass is 9.86. The number of fused-ring (bicyclic) bond motifs is 1. The second-order valence-corrected chi connectivity index (χ2v) is 5.73. The highest BCUT2D eigenvalue weighted by Gasteiger charge is 2.38. The zero-order chi connectivity index (χ0) is 14.2. The van der Waals surface area contributed by atoms with Gasteiger partial charge in [0, 0.05) is 5.69 Å². The van der Waals surface area contributed by atoms with Crippen LogP contribution in [-0.2, 0) is 18.4 Å². The Morgan fingerprint density at radius 1 is 1.20 bits per heavy atom. The van der Waals surface area contributed by atoms with Crippen LogP contribution in [0, 0.1) is 0 Å². The zero-order valence-electron chi connectivity index (χ0n) is 11.9. The molecule has 1 unspecified atom stereocenters. The summed E-state index contributed by atoms with van der Waals surface area (Å²) in [6.07, 6.45) is 3.80. The number of rotatable bonds is 3. The molecule has 3 rings (SSSR count). The van der Waals surface area contributed by atoms with Crippen molar-refractivity contribution < 1.29 is 5.11 Å². The molecule has 3 N–H and O–H groups in total. The molecule has 0 spiro atoms. The van der Waals surface area contributed by atoms with Crippen molar-refractivity contribution in [3.8, 4) is 0 Å². The molecule has 2 aromatic rings. The van der Waals surface area contributed by atoms with Gasteiger partial charge >= 0.3 is 0 Å². The van der Waals surface area contributed by atoms with Gasteiger partial charge in [-0.25, -0.2) is 0 Å². The quantitative estimate of drug-likeness (QED) is 0.837. The van der Waals surface area contributed by atoms with Gasteiger partial charge in [-0.1, -0.05) is 43.7 Å². The van der Waals surface area contributed by atoms with E-state index in [4.69, 9.17) is 5.73 Å². The van der Waals surface area contributed by atoms with Crippen LogP contribution in [0.2, 0.25) is 0 Å². The first-order valence-corrected chi connectivity index (χ1v) is 7.34. The molecule has 2 aromatic carbocycles. The van der Waals surface area contributed by atoms with Gasteiger partial charge in [-0.3, -0.25) is 0 Å². The predicted molar refractivity (Wildman–Crippen MR) is 82.6 cm³/mol.